The van der Waals surface area contributed by atoms with E-state index in [2.05, 4.69) is 5.32 Å². The third-order valence-electron chi connectivity index (χ3n) is 2.58. The number of hydrogen-bond acceptors (Lipinski definition) is 1. The summed E-state index contributed by atoms with van der Waals surface area (Å²) in [5.74, 6) is -2.43. The van der Waals surface area contributed by atoms with Gasteiger partial charge in [0.1, 0.15) is 0 Å². The number of alkyl halides is 2. The van der Waals surface area contributed by atoms with Crippen molar-refractivity contribution in [3.05, 3.63) is 0 Å². The Balaban J connectivity index is 0.000000605. The third-order valence-corrected chi connectivity index (χ3v) is 2.58. The van der Waals surface area contributed by atoms with Gasteiger partial charge in [-0.15, -0.1) is 12.4 Å². The highest BCUT2D eigenvalue weighted by Gasteiger charge is 2.62. The lowest BCUT2D eigenvalue weighted by Crippen LogP contribution is -2.51. The molecule has 0 bridgehead atoms. The van der Waals surface area contributed by atoms with E-state index in [1.807, 2.05) is 0 Å². The average Bonchev–Trinajstić information content (AvgIpc) is 2.59. The van der Waals surface area contributed by atoms with Crippen molar-refractivity contribution in [1.29, 1.82) is 0 Å². The molecule has 1 saturated heterocycles. The Kier molecular flexibility index (Phi) is 2.14. The highest BCUT2D eigenvalue weighted by molar-refractivity contribution is 5.85. The predicted molar refractivity (Wildman–Crippen MR) is 41.4 cm³/mol. The fourth-order valence-electron chi connectivity index (χ4n) is 1.67. The molecule has 0 radical (unpaired) electrons. The van der Waals surface area contributed by atoms with Crippen LogP contribution in [0, 0.1) is 0 Å². The molecule has 0 aromatic heterocycles. The Morgan fingerprint density at radius 3 is 2.09 bits per heavy atom. The Morgan fingerprint density at radius 1 is 1.09 bits per heavy atom. The molecule has 0 amide bonds. The molecule has 0 aromatic rings. The zero-order valence-corrected chi connectivity index (χ0v) is 7.02. The Labute approximate surface area is 71.0 Å². The second kappa shape index (κ2) is 2.56. The molecule has 0 unspecified atom stereocenters. The van der Waals surface area contributed by atoms with Crippen LogP contribution in [0.25, 0.3) is 0 Å². The van der Waals surface area contributed by atoms with E-state index in [-0.39, 0.29) is 18.8 Å². The lowest BCUT2D eigenvalue weighted by Gasteiger charge is -2.32. The zero-order valence-electron chi connectivity index (χ0n) is 6.20. The first-order chi connectivity index (χ1) is 4.66. The minimum atomic E-state index is -2.43. The van der Waals surface area contributed by atoms with Gasteiger partial charge in [0.15, 0.2) is 0 Å². The standard InChI is InChI=1S/C7H11F2N.ClH/c8-7(9)2-1-5-10-6(7)3-4-6;/h10H,1-5H2;1H. The maximum Gasteiger partial charge on any atom is 0.265 e. The zero-order chi connectivity index (χ0) is 7.24. The highest BCUT2D eigenvalue weighted by atomic mass is 35.5. The number of halogens is 3. The minimum absolute atomic E-state index is 0. The summed E-state index contributed by atoms with van der Waals surface area (Å²) in [7, 11) is 0. The van der Waals surface area contributed by atoms with E-state index in [1.54, 1.807) is 0 Å². The van der Waals surface area contributed by atoms with Gasteiger partial charge in [-0.2, -0.15) is 0 Å². The van der Waals surface area contributed by atoms with Crippen molar-refractivity contribution in [3.8, 4) is 0 Å². The number of hydrogen-bond donors (Lipinski definition) is 1. The van der Waals surface area contributed by atoms with Crippen LogP contribution < -0.4 is 5.32 Å². The topological polar surface area (TPSA) is 12.0 Å². The van der Waals surface area contributed by atoms with E-state index in [0.717, 1.165) is 6.54 Å². The smallest absolute Gasteiger partial charge is 0.265 e. The Bertz CT molecular complexity index is 151. The molecule has 0 aromatic carbocycles. The molecule has 1 nitrogen and oxygen atoms in total. The molecular weight excluding hydrogens is 172 g/mol. The molecule has 1 N–H and O–H groups in total. The molecule has 1 saturated carbocycles. The van der Waals surface area contributed by atoms with Crippen molar-refractivity contribution < 1.29 is 8.78 Å². The lowest BCUT2D eigenvalue weighted by atomic mass is 9.98. The Hall–Kier alpha value is 0.110. The van der Waals surface area contributed by atoms with E-state index in [1.165, 1.54) is 0 Å². The molecule has 1 spiro atoms. The monoisotopic (exact) mass is 183 g/mol. The average molecular weight is 184 g/mol. The van der Waals surface area contributed by atoms with Crippen LogP contribution in [0.15, 0.2) is 0 Å². The van der Waals surface area contributed by atoms with Crippen molar-refractivity contribution in [1.82, 2.24) is 5.32 Å². The number of rotatable bonds is 0. The van der Waals surface area contributed by atoms with Crippen LogP contribution >= 0.6 is 12.4 Å². The molecule has 2 rings (SSSR count). The van der Waals surface area contributed by atoms with Gasteiger partial charge in [0.2, 0.25) is 0 Å². The summed E-state index contributed by atoms with van der Waals surface area (Å²) in [6.07, 6.45) is 2.04. The minimum Gasteiger partial charge on any atom is -0.306 e. The molecule has 1 aliphatic carbocycles. The molecule has 1 aliphatic heterocycles. The first-order valence-electron chi connectivity index (χ1n) is 3.79. The van der Waals surface area contributed by atoms with Gasteiger partial charge in [-0.3, -0.25) is 0 Å². The first kappa shape index (κ1) is 9.20. The summed E-state index contributed by atoms with van der Waals surface area (Å²) < 4.78 is 26.0. The van der Waals surface area contributed by atoms with Gasteiger partial charge in [-0.1, -0.05) is 0 Å². The van der Waals surface area contributed by atoms with E-state index < -0.39 is 11.5 Å². The van der Waals surface area contributed by atoms with Crippen molar-refractivity contribution in [2.24, 2.45) is 0 Å². The normalized spacial score (nSPS) is 31.1. The van der Waals surface area contributed by atoms with E-state index in [4.69, 9.17) is 0 Å². The fraction of sp³-hybridized carbons (Fsp3) is 1.00. The summed E-state index contributed by atoms with van der Waals surface area (Å²) in [6.45, 7) is 0.773. The van der Waals surface area contributed by atoms with Crippen LogP contribution in [0.4, 0.5) is 8.78 Å². The van der Waals surface area contributed by atoms with Gasteiger partial charge >= 0.3 is 0 Å². The lowest BCUT2D eigenvalue weighted by molar-refractivity contribution is -0.0721. The van der Waals surface area contributed by atoms with E-state index in [0.29, 0.717) is 19.3 Å². The van der Waals surface area contributed by atoms with Crippen LogP contribution in [-0.2, 0) is 0 Å². The summed E-state index contributed by atoms with van der Waals surface area (Å²) >= 11 is 0. The maximum atomic E-state index is 13.0. The largest absolute Gasteiger partial charge is 0.306 e. The van der Waals surface area contributed by atoms with Crippen LogP contribution in [0.3, 0.4) is 0 Å². The highest BCUT2D eigenvalue weighted by Crippen LogP contribution is 2.51. The van der Waals surface area contributed by atoms with Crippen LogP contribution in [0.2, 0.25) is 0 Å². The molecule has 2 fully saturated rings. The van der Waals surface area contributed by atoms with Gasteiger partial charge in [0.05, 0.1) is 5.54 Å². The van der Waals surface area contributed by atoms with Crippen LogP contribution in [0.5, 0.6) is 0 Å². The van der Waals surface area contributed by atoms with Gasteiger partial charge in [0, 0.05) is 6.42 Å². The summed E-state index contributed by atoms with van der Waals surface area (Å²) in [6, 6.07) is 0. The van der Waals surface area contributed by atoms with Crippen LogP contribution in [0.1, 0.15) is 25.7 Å². The van der Waals surface area contributed by atoms with Crippen molar-refractivity contribution in [2.45, 2.75) is 37.1 Å². The molecule has 11 heavy (non-hydrogen) atoms. The molecule has 2 aliphatic rings. The van der Waals surface area contributed by atoms with Gasteiger partial charge < -0.3 is 5.32 Å². The summed E-state index contributed by atoms with van der Waals surface area (Å²) in [5, 5.41) is 2.91. The number of nitrogens with one attached hydrogen (secondary N) is 1. The fourth-order valence-corrected chi connectivity index (χ4v) is 1.67. The maximum absolute atomic E-state index is 13.0. The quantitative estimate of drug-likeness (QED) is 0.606. The molecule has 1 heterocycles. The molecule has 0 atom stereocenters. The number of piperidine rings is 1. The third kappa shape index (κ3) is 1.25. The molecule has 66 valence electrons. The Morgan fingerprint density at radius 2 is 1.73 bits per heavy atom. The van der Waals surface area contributed by atoms with Crippen molar-refractivity contribution in [2.75, 3.05) is 6.54 Å². The summed E-state index contributed by atoms with van der Waals surface area (Å²) in [5.41, 5.74) is -0.759. The van der Waals surface area contributed by atoms with E-state index in [9.17, 15) is 8.78 Å². The summed E-state index contributed by atoms with van der Waals surface area (Å²) in [4.78, 5) is 0. The predicted octanol–water partition coefficient (Wildman–Crippen LogP) is 1.96. The second-order valence-corrected chi connectivity index (χ2v) is 3.32. The van der Waals surface area contributed by atoms with Gasteiger partial charge in [0.25, 0.3) is 5.92 Å². The van der Waals surface area contributed by atoms with Crippen molar-refractivity contribution >= 4 is 12.4 Å². The van der Waals surface area contributed by atoms with Crippen molar-refractivity contribution in [3.63, 3.8) is 0 Å². The molecule has 4 heteroatoms. The second-order valence-electron chi connectivity index (χ2n) is 3.32. The van der Waals surface area contributed by atoms with Gasteiger partial charge in [-0.05, 0) is 25.8 Å². The molecular formula is C7H12ClF2N. The van der Waals surface area contributed by atoms with Crippen LogP contribution in [-0.4, -0.2) is 18.0 Å². The van der Waals surface area contributed by atoms with Gasteiger partial charge in [-0.25, -0.2) is 8.78 Å². The first-order valence-corrected chi connectivity index (χ1v) is 3.79. The van der Waals surface area contributed by atoms with E-state index >= 15 is 0 Å². The SMILES string of the molecule is Cl.FC1(F)CCCNC12CC2.